The Morgan fingerprint density at radius 2 is 1.97 bits per heavy atom. The third kappa shape index (κ3) is 3.92. The van der Waals surface area contributed by atoms with Gasteiger partial charge in [-0.05, 0) is 42.7 Å². The van der Waals surface area contributed by atoms with Crippen molar-refractivity contribution in [3.63, 3.8) is 0 Å². The highest BCUT2D eigenvalue weighted by atomic mass is 19.1. The normalized spacial score (nSPS) is 11.7. The molecule has 0 radical (unpaired) electrons. The maximum atomic E-state index is 14.5. The fraction of sp³-hybridized carbons (Fsp3) is 0.348. The minimum Gasteiger partial charge on any atom is -0.370 e. The third-order valence-electron chi connectivity index (χ3n) is 4.94. The Hall–Kier alpha value is -3.02. The molecule has 150 valence electrons. The van der Waals surface area contributed by atoms with Gasteiger partial charge in [0, 0.05) is 42.7 Å². The molecule has 29 heavy (non-hydrogen) atoms. The van der Waals surface area contributed by atoms with Crippen molar-refractivity contribution in [1.82, 2.24) is 19.7 Å². The van der Waals surface area contributed by atoms with Gasteiger partial charge in [-0.1, -0.05) is 20.8 Å². The zero-order valence-electron chi connectivity index (χ0n) is 17.4. The fourth-order valence-electron chi connectivity index (χ4n) is 3.73. The summed E-state index contributed by atoms with van der Waals surface area (Å²) in [4.78, 5) is 11.7. The van der Waals surface area contributed by atoms with E-state index in [1.54, 1.807) is 11.7 Å². The second-order valence-electron chi connectivity index (χ2n) is 7.98. The second kappa shape index (κ2) is 7.78. The van der Waals surface area contributed by atoms with E-state index in [4.69, 9.17) is 0 Å². The van der Waals surface area contributed by atoms with Gasteiger partial charge in [0.25, 0.3) is 0 Å². The number of fused-ring (bicyclic) bond motifs is 2. The molecule has 0 amide bonds. The molecule has 0 atom stereocenters. The quantitative estimate of drug-likeness (QED) is 0.453. The summed E-state index contributed by atoms with van der Waals surface area (Å²) in [5.41, 5.74) is 3.59. The van der Waals surface area contributed by atoms with Crippen molar-refractivity contribution >= 4 is 27.6 Å². The van der Waals surface area contributed by atoms with Crippen molar-refractivity contribution in [1.29, 1.82) is 0 Å². The number of halogens is 1. The molecule has 0 aliphatic carbocycles. The van der Waals surface area contributed by atoms with Crippen molar-refractivity contribution in [2.45, 2.75) is 27.2 Å². The number of benzene rings is 1. The average molecular weight is 391 g/mol. The Kier molecular flexibility index (Phi) is 5.18. The molecule has 0 unspecified atom stereocenters. The molecular weight excluding hydrogens is 365 g/mol. The first kappa shape index (κ1) is 19.3. The van der Waals surface area contributed by atoms with E-state index in [1.165, 1.54) is 6.07 Å². The van der Waals surface area contributed by atoms with Gasteiger partial charge in [0.1, 0.15) is 5.52 Å². The zero-order chi connectivity index (χ0) is 20.5. The van der Waals surface area contributed by atoms with Crippen molar-refractivity contribution in [2.24, 2.45) is 13.0 Å². The standard InChI is InChI=1S/C23H26FN5/c1-5-8-29(13-15(2)3)19-10-16-6-7-21(26-23(16)25-12-19)17-9-18-14-28(4)27-22(18)20(24)11-17/h6-7,9-12,14-15H,5,8,13H2,1-4H3. The lowest BCUT2D eigenvalue weighted by Crippen LogP contribution is -2.28. The van der Waals surface area contributed by atoms with E-state index in [0.29, 0.717) is 22.8 Å². The van der Waals surface area contributed by atoms with Gasteiger partial charge >= 0.3 is 0 Å². The molecule has 1 aromatic carbocycles. The molecule has 0 aliphatic rings. The van der Waals surface area contributed by atoms with Gasteiger partial charge in [-0.2, -0.15) is 5.10 Å². The molecule has 0 N–H and O–H groups in total. The first-order valence-corrected chi connectivity index (χ1v) is 10.1. The Morgan fingerprint density at radius 3 is 2.72 bits per heavy atom. The number of hydrogen-bond donors (Lipinski definition) is 0. The van der Waals surface area contributed by atoms with Crippen LogP contribution in [0, 0.1) is 11.7 Å². The van der Waals surface area contributed by atoms with Crippen LogP contribution in [0.4, 0.5) is 10.1 Å². The van der Waals surface area contributed by atoms with Crippen LogP contribution in [-0.2, 0) is 7.05 Å². The molecule has 3 heterocycles. The Labute approximate surface area is 170 Å². The van der Waals surface area contributed by atoms with Gasteiger partial charge in [0.15, 0.2) is 11.5 Å². The molecule has 4 rings (SSSR count). The lowest BCUT2D eigenvalue weighted by Gasteiger charge is -2.26. The van der Waals surface area contributed by atoms with E-state index < -0.39 is 0 Å². The van der Waals surface area contributed by atoms with E-state index >= 15 is 0 Å². The van der Waals surface area contributed by atoms with E-state index in [2.05, 4.69) is 46.8 Å². The molecule has 0 bridgehead atoms. The van der Waals surface area contributed by atoms with E-state index in [9.17, 15) is 4.39 Å². The van der Waals surface area contributed by atoms with Gasteiger partial charge in [-0.15, -0.1) is 0 Å². The largest absolute Gasteiger partial charge is 0.370 e. The van der Waals surface area contributed by atoms with Crippen molar-refractivity contribution in [2.75, 3.05) is 18.0 Å². The number of nitrogens with zero attached hydrogens (tertiary/aromatic N) is 5. The number of aromatic nitrogens is 4. The smallest absolute Gasteiger partial charge is 0.159 e. The summed E-state index contributed by atoms with van der Waals surface area (Å²) in [6, 6.07) is 9.49. The summed E-state index contributed by atoms with van der Waals surface area (Å²) >= 11 is 0. The van der Waals surface area contributed by atoms with Crippen LogP contribution < -0.4 is 4.90 Å². The number of pyridine rings is 2. The topological polar surface area (TPSA) is 46.8 Å². The van der Waals surface area contributed by atoms with Crippen LogP contribution in [0.5, 0.6) is 0 Å². The van der Waals surface area contributed by atoms with Gasteiger partial charge < -0.3 is 4.90 Å². The number of rotatable bonds is 6. The Bertz CT molecular complexity index is 1160. The highest BCUT2D eigenvalue weighted by molar-refractivity contribution is 5.86. The molecule has 4 aromatic rings. The zero-order valence-corrected chi connectivity index (χ0v) is 17.4. The van der Waals surface area contributed by atoms with Crippen molar-refractivity contribution in [3.8, 4) is 11.3 Å². The summed E-state index contributed by atoms with van der Waals surface area (Å²) in [6.45, 7) is 8.64. The molecule has 0 saturated carbocycles. The summed E-state index contributed by atoms with van der Waals surface area (Å²) in [5.74, 6) is 0.238. The first-order valence-electron chi connectivity index (χ1n) is 10.1. The molecule has 6 heteroatoms. The Balaban J connectivity index is 1.71. The Morgan fingerprint density at radius 1 is 1.14 bits per heavy atom. The highest BCUT2D eigenvalue weighted by Crippen LogP contribution is 2.27. The predicted octanol–water partition coefficient (Wildman–Crippen LogP) is 5.20. The molecule has 0 aliphatic heterocycles. The van der Waals surface area contributed by atoms with Crippen LogP contribution in [0.1, 0.15) is 27.2 Å². The van der Waals surface area contributed by atoms with Crippen LogP contribution in [-0.4, -0.2) is 32.8 Å². The van der Waals surface area contributed by atoms with Crippen molar-refractivity contribution < 1.29 is 4.39 Å². The summed E-state index contributed by atoms with van der Waals surface area (Å²) in [5, 5.41) is 5.91. The lowest BCUT2D eigenvalue weighted by molar-refractivity contribution is 0.606. The summed E-state index contributed by atoms with van der Waals surface area (Å²) in [7, 11) is 1.79. The molecular formula is C23H26FN5. The average Bonchev–Trinajstić information content (AvgIpc) is 3.07. The molecule has 0 spiro atoms. The predicted molar refractivity (Wildman–Crippen MR) is 117 cm³/mol. The summed E-state index contributed by atoms with van der Waals surface area (Å²) < 4.78 is 16.1. The molecule has 5 nitrogen and oxygen atoms in total. The minimum atomic E-state index is -0.341. The van der Waals surface area contributed by atoms with Crippen LogP contribution in [0.2, 0.25) is 0 Å². The molecule has 3 aromatic heterocycles. The minimum absolute atomic E-state index is 0.341. The van der Waals surface area contributed by atoms with Gasteiger partial charge in [-0.3, -0.25) is 4.68 Å². The van der Waals surface area contributed by atoms with Crippen LogP contribution in [0.15, 0.2) is 42.7 Å². The van der Waals surface area contributed by atoms with Gasteiger partial charge in [0.05, 0.1) is 17.6 Å². The van der Waals surface area contributed by atoms with Crippen molar-refractivity contribution in [3.05, 3.63) is 48.5 Å². The molecule has 0 fully saturated rings. The fourth-order valence-corrected chi connectivity index (χ4v) is 3.73. The number of aryl methyl sites for hydroxylation is 1. The second-order valence-corrected chi connectivity index (χ2v) is 7.98. The van der Waals surface area contributed by atoms with Gasteiger partial charge in [0.2, 0.25) is 0 Å². The van der Waals surface area contributed by atoms with Crippen LogP contribution in [0.25, 0.3) is 33.2 Å². The number of anilines is 1. The highest BCUT2D eigenvalue weighted by Gasteiger charge is 2.12. The lowest BCUT2D eigenvalue weighted by atomic mass is 10.1. The maximum absolute atomic E-state index is 14.5. The van der Waals surface area contributed by atoms with Gasteiger partial charge in [-0.25, -0.2) is 14.4 Å². The summed E-state index contributed by atoms with van der Waals surface area (Å²) in [6.07, 6.45) is 4.79. The first-order chi connectivity index (χ1) is 13.9. The number of hydrogen-bond acceptors (Lipinski definition) is 4. The third-order valence-corrected chi connectivity index (χ3v) is 4.94. The van der Waals surface area contributed by atoms with E-state index in [0.717, 1.165) is 41.5 Å². The maximum Gasteiger partial charge on any atom is 0.159 e. The SMILES string of the molecule is CCCN(CC(C)C)c1cnc2nc(-c3cc(F)c4nn(C)cc4c3)ccc2c1. The van der Waals surface area contributed by atoms with Crippen LogP contribution >= 0.6 is 0 Å². The molecule has 0 saturated heterocycles. The van der Waals surface area contributed by atoms with E-state index in [1.807, 2.05) is 30.6 Å². The monoisotopic (exact) mass is 391 g/mol. The van der Waals surface area contributed by atoms with Crippen LogP contribution in [0.3, 0.4) is 0 Å². The van der Waals surface area contributed by atoms with E-state index in [-0.39, 0.29) is 5.82 Å².